The highest BCUT2D eigenvalue weighted by Gasteiger charge is 2.38. The molecule has 0 aromatic heterocycles. The topological polar surface area (TPSA) is 69.7 Å². The highest BCUT2D eigenvalue weighted by atomic mass is 35.5. The Kier molecular flexibility index (Phi) is 7.13. The fraction of sp³-hybridized carbons (Fsp3) is 0.0800. The number of amides is 1. The van der Waals surface area contributed by atoms with E-state index in [0.717, 1.165) is 27.8 Å². The van der Waals surface area contributed by atoms with E-state index < -0.39 is 17.9 Å². The molecule has 3 aromatic rings. The van der Waals surface area contributed by atoms with Crippen LogP contribution < -0.4 is 9.84 Å². The van der Waals surface area contributed by atoms with Gasteiger partial charge < -0.3 is 14.6 Å². The van der Waals surface area contributed by atoms with Crippen molar-refractivity contribution in [3.8, 4) is 5.75 Å². The van der Waals surface area contributed by atoms with Crippen molar-refractivity contribution in [1.82, 2.24) is 4.90 Å². The van der Waals surface area contributed by atoms with Gasteiger partial charge >= 0.3 is 0 Å². The number of benzene rings is 3. The van der Waals surface area contributed by atoms with E-state index in [-0.39, 0.29) is 4.32 Å². The van der Waals surface area contributed by atoms with Gasteiger partial charge in [-0.15, -0.1) is 0 Å². The zero-order valence-corrected chi connectivity index (χ0v) is 19.5. The van der Waals surface area contributed by atoms with Crippen LogP contribution in [0.2, 0.25) is 5.02 Å². The summed E-state index contributed by atoms with van der Waals surface area (Å²) in [6.07, 6.45) is 1.68. The highest BCUT2D eigenvalue weighted by molar-refractivity contribution is 8.26. The lowest BCUT2D eigenvalue weighted by Gasteiger charge is -2.27. The number of ether oxygens (including phenoxy) is 1. The van der Waals surface area contributed by atoms with E-state index in [1.54, 1.807) is 48.5 Å². The molecule has 0 aliphatic carbocycles. The molecule has 0 spiro atoms. The average molecular weight is 495 g/mol. The van der Waals surface area contributed by atoms with E-state index in [4.69, 9.17) is 28.6 Å². The standard InChI is InChI=1S/C25H18ClNO4S2/c26-20-9-5-4-8-18(20)15-31-19-12-10-16(11-13-19)14-21-23(28)27(25(32)33-21)22(24(29)30)17-6-2-1-3-7-17/h1-14,22H,15H2,(H,29,30)/p-1/b21-14+/t22-/m0/s1. The second-order valence-corrected chi connectivity index (χ2v) is 9.22. The number of carbonyl (C=O) groups is 2. The normalized spacial score (nSPS) is 15.7. The van der Waals surface area contributed by atoms with Crippen LogP contribution >= 0.6 is 35.6 Å². The summed E-state index contributed by atoms with van der Waals surface area (Å²) in [4.78, 5) is 26.3. The van der Waals surface area contributed by atoms with Gasteiger partial charge in [-0.3, -0.25) is 9.69 Å². The van der Waals surface area contributed by atoms with Gasteiger partial charge in [0.25, 0.3) is 5.91 Å². The van der Waals surface area contributed by atoms with Crippen molar-refractivity contribution >= 4 is 57.9 Å². The van der Waals surface area contributed by atoms with E-state index in [1.807, 2.05) is 36.4 Å². The van der Waals surface area contributed by atoms with E-state index in [9.17, 15) is 14.7 Å². The number of hydrogen-bond acceptors (Lipinski definition) is 6. The maximum absolute atomic E-state index is 13.0. The van der Waals surface area contributed by atoms with Crippen LogP contribution in [0.4, 0.5) is 0 Å². The molecule has 3 aromatic carbocycles. The van der Waals surface area contributed by atoms with Gasteiger partial charge in [-0.2, -0.15) is 0 Å². The first-order chi connectivity index (χ1) is 15.9. The van der Waals surface area contributed by atoms with Gasteiger partial charge in [0.1, 0.15) is 22.7 Å². The van der Waals surface area contributed by atoms with Crippen molar-refractivity contribution in [2.45, 2.75) is 12.6 Å². The Morgan fingerprint density at radius 2 is 1.73 bits per heavy atom. The summed E-state index contributed by atoms with van der Waals surface area (Å²) in [7, 11) is 0. The van der Waals surface area contributed by atoms with Crippen LogP contribution in [-0.4, -0.2) is 21.1 Å². The Balaban J connectivity index is 1.49. The Labute approximate surface area is 205 Å². The van der Waals surface area contributed by atoms with E-state index >= 15 is 0 Å². The smallest absolute Gasteiger partial charge is 0.267 e. The molecule has 0 saturated carbocycles. The third-order valence-corrected chi connectivity index (χ3v) is 6.65. The summed E-state index contributed by atoms with van der Waals surface area (Å²) in [6, 6.07) is 21.8. The number of thioether (sulfide) groups is 1. The number of carboxylic acids is 1. The zero-order valence-electron chi connectivity index (χ0n) is 17.1. The van der Waals surface area contributed by atoms with Crippen LogP contribution in [0.1, 0.15) is 22.7 Å². The molecule has 0 bridgehead atoms. The van der Waals surface area contributed by atoms with Crippen LogP contribution in [0.5, 0.6) is 5.75 Å². The summed E-state index contributed by atoms with van der Waals surface area (Å²) in [5.74, 6) is -1.21. The number of rotatable bonds is 7. The van der Waals surface area contributed by atoms with Gasteiger partial charge in [0.05, 0.1) is 10.9 Å². The van der Waals surface area contributed by atoms with Crippen LogP contribution in [-0.2, 0) is 16.2 Å². The quantitative estimate of drug-likeness (QED) is 0.353. The first-order valence-electron chi connectivity index (χ1n) is 9.93. The van der Waals surface area contributed by atoms with Crippen LogP contribution in [0.15, 0.2) is 83.8 Å². The van der Waals surface area contributed by atoms with Crippen LogP contribution in [0.25, 0.3) is 6.08 Å². The van der Waals surface area contributed by atoms with E-state index in [1.165, 1.54) is 0 Å². The molecule has 1 saturated heterocycles. The molecular weight excluding hydrogens is 478 g/mol. The predicted octanol–water partition coefficient (Wildman–Crippen LogP) is 4.61. The van der Waals surface area contributed by atoms with Crippen molar-refractivity contribution in [2.75, 3.05) is 0 Å². The molecule has 1 atom stereocenters. The SMILES string of the molecule is O=C([O-])[C@H](c1ccccc1)N1C(=O)/C(=C\c2ccc(OCc3ccccc3Cl)cc2)SC1=S. The first-order valence-corrected chi connectivity index (χ1v) is 11.5. The molecule has 0 N–H and O–H groups in total. The highest BCUT2D eigenvalue weighted by Crippen LogP contribution is 2.38. The van der Waals surface area contributed by atoms with Crippen molar-refractivity contribution in [3.63, 3.8) is 0 Å². The molecule has 166 valence electrons. The summed E-state index contributed by atoms with van der Waals surface area (Å²) < 4.78 is 5.95. The third kappa shape index (κ3) is 5.27. The molecule has 33 heavy (non-hydrogen) atoms. The Morgan fingerprint density at radius 1 is 1.06 bits per heavy atom. The number of carboxylic acid groups (broad SMARTS) is 1. The van der Waals surface area contributed by atoms with Gasteiger partial charge in [-0.25, -0.2) is 0 Å². The van der Waals surface area contributed by atoms with Gasteiger partial charge in [-0.1, -0.05) is 96.2 Å². The molecule has 4 rings (SSSR count). The molecule has 1 fully saturated rings. The number of nitrogens with zero attached hydrogens (tertiary/aromatic N) is 1. The van der Waals surface area contributed by atoms with Gasteiger partial charge in [-0.05, 0) is 35.4 Å². The van der Waals surface area contributed by atoms with Crippen molar-refractivity contribution < 1.29 is 19.4 Å². The fourth-order valence-electron chi connectivity index (χ4n) is 3.32. The lowest BCUT2D eigenvalue weighted by molar-refractivity contribution is -0.310. The Hall–Kier alpha value is -3.13. The average Bonchev–Trinajstić information content (AvgIpc) is 3.08. The Morgan fingerprint density at radius 3 is 2.39 bits per heavy atom. The predicted molar refractivity (Wildman–Crippen MR) is 131 cm³/mol. The van der Waals surface area contributed by atoms with Crippen molar-refractivity contribution in [2.24, 2.45) is 0 Å². The van der Waals surface area contributed by atoms with Crippen LogP contribution in [0.3, 0.4) is 0 Å². The number of carbonyl (C=O) groups excluding carboxylic acids is 2. The van der Waals surface area contributed by atoms with Crippen molar-refractivity contribution in [1.29, 1.82) is 0 Å². The number of aliphatic carboxylic acids is 1. The number of hydrogen-bond donors (Lipinski definition) is 0. The summed E-state index contributed by atoms with van der Waals surface area (Å²) in [6.45, 7) is 0.335. The molecule has 1 aliphatic rings. The molecule has 1 aliphatic heterocycles. The maximum atomic E-state index is 13.0. The van der Waals surface area contributed by atoms with Gasteiger partial charge in [0, 0.05) is 10.6 Å². The van der Waals surface area contributed by atoms with Crippen LogP contribution in [0, 0.1) is 0 Å². The molecule has 5 nitrogen and oxygen atoms in total. The summed E-state index contributed by atoms with van der Waals surface area (Å²) in [5, 5.41) is 12.5. The van der Waals surface area contributed by atoms with E-state index in [0.29, 0.717) is 27.8 Å². The third-order valence-electron chi connectivity index (χ3n) is 4.95. The maximum Gasteiger partial charge on any atom is 0.267 e. The molecule has 1 amide bonds. The minimum atomic E-state index is -1.39. The van der Waals surface area contributed by atoms with Gasteiger partial charge in [0.2, 0.25) is 0 Å². The second-order valence-electron chi connectivity index (χ2n) is 7.13. The zero-order chi connectivity index (χ0) is 23.4. The molecule has 0 radical (unpaired) electrons. The largest absolute Gasteiger partial charge is 0.547 e. The minimum Gasteiger partial charge on any atom is -0.547 e. The molecule has 8 heteroatoms. The van der Waals surface area contributed by atoms with Crippen molar-refractivity contribution in [3.05, 3.63) is 105 Å². The summed E-state index contributed by atoms with van der Waals surface area (Å²) in [5.41, 5.74) is 2.06. The number of halogens is 1. The fourth-order valence-corrected chi connectivity index (χ4v) is 4.82. The molecular formula is C25H17ClNO4S2-. The first kappa shape index (κ1) is 23.0. The van der Waals surface area contributed by atoms with E-state index in [2.05, 4.69) is 0 Å². The minimum absolute atomic E-state index is 0.170. The molecule has 0 unspecified atom stereocenters. The summed E-state index contributed by atoms with van der Waals surface area (Å²) >= 11 is 12.5. The number of thiocarbonyl (C=S) groups is 1. The Bertz CT molecular complexity index is 1230. The lowest BCUT2D eigenvalue weighted by atomic mass is 10.1. The lowest BCUT2D eigenvalue weighted by Crippen LogP contribution is -2.43. The monoisotopic (exact) mass is 494 g/mol. The van der Waals surface area contributed by atoms with Gasteiger partial charge in [0.15, 0.2) is 0 Å². The second kappa shape index (κ2) is 10.2. The molecule has 1 heterocycles.